The molecule has 0 heterocycles. The Bertz CT molecular complexity index is 460. The minimum Gasteiger partial charge on any atom is -0.272 e. The van der Waals surface area contributed by atoms with E-state index in [1.54, 1.807) is 6.08 Å². The van der Waals surface area contributed by atoms with Crippen LogP contribution in [0.4, 0.5) is 0 Å². The number of hydrogen-bond acceptors (Lipinski definition) is 1. The maximum Gasteiger partial charge on any atom is 0.0425 e. The van der Waals surface area contributed by atoms with Crippen LogP contribution in [0.2, 0.25) is 0 Å². The van der Waals surface area contributed by atoms with Gasteiger partial charge in [-0.25, -0.2) is 0 Å². The molecular formula is C24H44NPTi. The van der Waals surface area contributed by atoms with E-state index in [0.717, 1.165) is 6.42 Å². The molecule has 0 spiro atoms. The second-order valence-electron chi connectivity index (χ2n) is 7.17. The fraction of sp³-hybridized carbons (Fsp3) is 0.667. The summed E-state index contributed by atoms with van der Waals surface area (Å²) in [6.45, 7) is 12.6. The molecule has 0 N–H and O–H groups in total. The maximum absolute atomic E-state index is 5.33. The smallest absolute Gasteiger partial charge is 0.0425 e. The molecule has 27 heavy (non-hydrogen) atoms. The Morgan fingerprint density at radius 1 is 0.963 bits per heavy atom. The Balaban J connectivity index is 0. The Labute approximate surface area is 185 Å². The Morgan fingerprint density at radius 2 is 1.52 bits per heavy atom. The van der Waals surface area contributed by atoms with Crippen LogP contribution in [0.25, 0.3) is 0 Å². The molecule has 1 rings (SSSR count). The molecule has 0 unspecified atom stereocenters. The third kappa shape index (κ3) is 15.5. The van der Waals surface area contributed by atoms with Gasteiger partial charge in [0.2, 0.25) is 0 Å². The van der Waals surface area contributed by atoms with Crippen molar-refractivity contribution in [2.24, 2.45) is 4.74 Å². The zero-order valence-electron chi connectivity index (χ0n) is 18.6. The van der Waals surface area contributed by atoms with Gasteiger partial charge in [0.25, 0.3) is 0 Å². The molecule has 0 bridgehead atoms. The summed E-state index contributed by atoms with van der Waals surface area (Å²) in [5.74, 6) is 0. The molecule has 0 saturated carbocycles. The molecule has 1 aliphatic carbocycles. The maximum atomic E-state index is 5.33. The molecule has 0 amide bonds. The summed E-state index contributed by atoms with van der Waals surface area (Å²) in [7, 11) is -1.08. The quantitative estimate of drug-likeness (QED) is 0.159. The van der Waals surface area contributed by atoms with E-state index in [9.17, 15) is 0 Å². The topological polar surface area (TPSA) is 12.4 Å². The summed E-state index contributed by atoms with van der Waals surface area (Å²) >= 11 is 0. The van der Waals surface area contributed by atoms with E-state index in [1.165, 1.54) is 75.5 Å². The van der Waals surface area contributed by atoms with Crippen molar-refractivity contribution in [3.63, 3.8) is 0 Å². The minimum atomic E-state index is -1.08. The normalized spacial score (nSPS) is 13.0. The van der Waals surface area contributed by atoms with Gasteiger partial charge < -0.3 is 0 Å². The van der Waals surface area contributed by atoms with Crippen molar-refractivity contribution < 1.29 is 21.7 Å². The SMILES string of the molecule is C=CC=CCCC.CCCCP(CCCC)(CCCC)=NC1=CC=CC1.[Ti]. The van der Waals surface area contributed by atoms with Crippen LogP contribution in [0, 0.1) is 0 Å². The van der Waals surface area contributed by atoms with Gasteiger partial charge in [0.1, 0.15) is 0 Å². The minimum absolute atomic E-state index is 0. The van der Waals surface area contributed by atoms with Crippen molar-refractivity contribution in [1.82, 2.24) is 0 Å². The second kappa shape index (κ2) is 20.6. The van der Waals surface area contributed by atoms with E-state index >= 15 is 0 Å². The van der Waals surface area contributed by atoms with E-state index in [0.29, 0.717) is 0 Å². The van der Waals surface area contributed by atoms with Gasteiger partial charge >= 0.3 is 0 Å². The molecule has 0 aromatic rings. The monoisotopic (exact) mass is 425 g/mol. The van der Waals surface area contributed by atoms with Crippen LogP contribution >= 0.6 is 7.05 Å². The van der Waals surface area contributed by atoms with Gasteiger partial charge in [0.05, 0.1) is 0 Å². The van der Waals surface area contributed by atoms with E-state index in [4.69, 9.17) is 4.74 Å². The first kappa shape index (κ1) is 29.1. The number of hydrogen-bond donors (Lipinski definition) is 0. The van der Waals surface area contributed by atoms with Gasteiger partial charge in [0, 0.05) is 33.8 Å². The van der Waals surface area contributed by atoms with Crippen molar-refractivity contribution in [1.29, 1.82) is 0 Å². The molecule has 0 fully saturated rings. The molecule has 0 radical (unpaired) electrons. The van der Waals surface area contributed by atoms with Gasteiger partial charge in [-0.1, -0.05) is 90.3 Å². The molecule has 154 valence electrons. The Morgan fingerprint density at radius 3 is 1.89 bits per heavy atom. The second-order valence-corrected chi connectivity index (χ2v) is 10.9. The fourth-order valence-electron chi connectivity index (χ4n) is 2.98. The molecule has 0 atom stereocenters. The predicted molar refractivity (Wildman–Crippen MR) is 125 cm³/mol. The third-order valence-corrected chi connectivity index (χ3v) is 8.73. The molecule has 0 aromatic carbocycles. The molecule has 3 heteroatoms. The first-order valence-electron chi connectivity index (χ1n) is 10.9. The third-order valence-electron chi connectivity index (χ3n) is 4.60. The van der Waals surface area contributed by atoms with Crippen LogP contribution < -0.4 is 0 Å². The van der Waals surface area contributed by atoms with E-state index in [1.807, 2.05) is 6.08 Å². The van der Waals surface area contributed by atoms with E-state index < -0.39 is 7.05 Å². The van der Waals surface area contributed by atoms with Gasteiger partial charge in [-0.3, -0.25) is 4.74 Å². The summed E-state index contributed by atoms with van der Waals surface area (Å²) in [6, 6.07) is 0. The molecule has 1 aliphatic rings. The molecule has 1 nitrogen and oxygen atoms in total. The molecule has 0 aromatic heterocycles. The summed E-state index contributed by atoms with van der Waals surface area (Å²) in [5.41, 5.74) is 1.36. The van der Waals surface area contributed by atoms with E-state index in [2.05, 4.69) is 58.6 Å². The zero-order valence-corrected chi connectivity index (χ0v) is 21.0. The predicted octanol–water partition coefficient (Wildman–Crippen LogP) is 8.96. The Kier molecular flexibility index (Phi) is 22.2. The van der Waals surface area contributed by atoms with Gasteiger partial charge in [-0.15, -0.1) is 0 Å². The summed E-state index contributed by atoms with van der Waals surface area (Å²) in [5, 5.41) is 0. The van der Waals surface area contributed by atoms with Crippen LogP contribution in [0.15, 0.2) is 53.5 Å². The summed E-state index contributed by atoms with van der Waals surface area (Å²) in [6.07, 6.45) is 28.2. The van der Waals surface area contributed by atoms with Crippen LogP contribution in [0.3, 0.4) is 0 Å². The Hall–Kier alpha value is -0.0957. The van der Waals surface area contributed by atoms with Crippen LogP contribution in [0.1, 0.15) is 85.5 Å². The van der Waals surface area contributed by atoms with Crippen molar-refractivity contribution in [3.05, 3.63) is 48.7 Å². The largest absolute Gasteiger partial charge is 0.272 e. The van der Waals surface area contributed by atoms with Crippen molar-refractivity contribution in [2.45, 2.75) is 85.5 Å². The number of unbranched alkanes of at least 4 members (excludes halogenated alkanes) is 4. The standard InChI is InChI=1S/C17H32NP.C7H12.Ti/c1-4-7-14-19(15-8-5-2,16-9-6-3)18-17-12-10-11-13-17;1-3-5-7-6-4-2;/h10-12H,4-9,13-16H2,1-3H3;3,5,7H,1,4,6H2,2H3;. The molecule has 0 aliphatic heterocycles. The number of allylic oxidation sites excluding steroid dienone is 6. The zero-order chi connectivity index (χ0) is 19.5. The summed E-state index contributed by atoms with van der Waals surface area (Å²) < 4.78 is 5.33. The van der Waals surface area contributed by atoms with Crippen molar-refractivity contribution in [2.75, 3.05) is 18.5 Å². The average molecular weight is 425 g/mol. The van der Waals surface area contributed by atoms with Gasteiger partial charge in [-0.2, -0.15) is 0 Å². The van der Waals surface area contributed by atoms with Crippen LogP contribution in [-0.4, -0.2) is 18.5 Å². The summed E-state index contributed by atoms with van der Waals surface area (Å²) in [4.78, 5) is 0. The van der Waals surface area contributed by atoms with Crippen LogP contribution in [0.5, 0.6) is 0 Å². The van der Waals surface area contributed by atoms with Gasteiger partial charge in [0.15, 0.2) is 0 Å². The molecular weight excluding hydrogens is 381 g/mol. The molecule has 0 saturated heterocycles. The first-order valence-corrected chi connectivity index (χ1v) is 13.2. The number of rotatable bonds is 13. The first-order chi connectivity index (χ1) is 12.7. The van der Waals surface area contributed by atoms with Gasteiger partial charge in [-0.05, 0) is 57.3 Å². The van der Waals surface area contributed by atoms with Crippen molar-refractivity contribution in [3.8, 4) is 0 Å². The number of nitrogens with zero attached hydrogens (tertiary/aromatic N) is 1. The van der Waals surface area contributed by atoms with Crippen LogP contribution in [-0.2, 0) is 21.7 Å². The fourth-order valence-corrected chi connectivity index (χ4v) is 7.36. The average Bonchev–Trinajstić information content (AvgIpc) is 3.16. The van der Waals surface area contributed by atoms with Crippen molar-refractivity contribution >= 4 is 7.05 Å². The van der Waals surface area contributed by atoms with E-state index in [-0.39, 0.29) is 21.7 Å².